The highest BCUT2D eigenvalue weighted by Gasteiger charge is 2.21. The van der Waals surface area contributed by atoms with Crippen LogP contribution < -0.4 is 5.32 Å². The number of rotatable bonds is 1. The summed E-state index contributed by atoms with van der Waals surface area (Å²) >= 11 is 0. The van der Waals surface area contributed by atoms with Crippen LogP contribution in [0.2, 0.25) is 0 Å². The zero-order chi connectivity index (χ0) is 14.2. The molecule has 0 amide bonds. The highest BCUT2D eigenvalue weighted by Crippen LogP contribution is 2.36. The van der Waals surface area contributed by atoms with Crippen molar-refractivity contribution in [2.75, 3.05) is 5.32 Å². The van der Waals surface area contributed by atoms with Gasteiger partial charge in [0.2, 0.25) is 0 Å². The van der Waals surface area contributed by atoms with E-state index in [-0.39, 0.29) is 0 Å². The van der Waals surface area contributed by atoms with E-state index < -0.39 is 0 Å². The molecule has 1 aliphatic heterocycles. The molecule has 1 unspecified atom stereocenters. The van der Waals surface area contributed by atoms with Crippen molar-refractivity contribution in [3.63, 3.8) is 0 Å². The van der Waals surface area contributed by atoms with Gasteiger partial charge in [-0.25, -0.2) is 0 Å². The van der Waals surface area contributed by atoms with Crippen LogP contribution in [0.4, 0.5) is 5.69 Å². The molecule has 2 aromatic carbocycles. The first-order valence-corrected chi connectivity index (χ1v) is 7.52. The Morgan fingerprint density at radius 2 is 1.81 bits per heavy atom. The van der Waals surface area contributed by atoms with E-state index in [0.717, 1.165) is 24.1 Å². The molecule has 4 rings (SSSR count). The molecule has 104 valence electrons. The zero-order valence-corrected chi connectivity index (χ0v) is 12.1. The first-order valence-electron chi connectivity index (χ1n) is 7.52. The van der Waals surface area contributed by atoms with Crippen LogP contribution in [0.15, 0.2) is 54.6 Å². The van der Waals surface area contributed by atoms with E-state index in [0.29, 0.717) is 6.04 Å². The Bertz CT molecular complexity index is 793. The van der Waals surface area contributed by atoms with Crippen molar-refractivity contribution in [3.8, 4) is 0 Å². The van der Waals surface area contributed by atoms with Crippen LogP contribution >= 0.6 is 0 Å². The molecule has 0 radical (unpaired) electrons. The van der Waals surface area contributed by atoms with Crippen LogP contribution in [0.3, 0.4) is 0 Å². The minimum atomic E-state index is 0.381. The maximum absolute atomic E-state index is 4.75. The lowest BCUT2D eigenvalue weighted by atomic mass is 9.92. The maximum atomic E-state index is 4.75. The average Bonchev–Trinajstić information content (AvgIpc) is 2.55. The van der Waals surface area contributed by atoms with Gasteiger partial charge in [0.05, 0.1) is 17.2 Å². The van der Waals surface area contributed by atoms with Crippen molar-refractivity contribution in [1.82, 2.24) is 4.98 Å². The monoisotopic (exact) mass is 274 g/mol. The molecule has 1 atom stereocenters. The fourth-order valence-electron chi connectivity index (χ4n) is 3.18. The van der Waals surface area contributed by atoms with Crippen LogP contribution in [-0.2, 0) is 6.42 Å². The number of aryl methyl sites for hydroxylation is 2. The third-order valence-corrected chi connectivity index (χ3v) is 4.31. The fourth-order valence-corrected chi connectivity index (χ4v) is 3.18. The quantitative estimate of drug-likeness (QED) is 0.699. The van der Waals surface area contributed by atoms with Gasteiger partial charge in [-0.05, 0) is 37.0 Å². The van der Waals surface area contributed by atoms with E-state index in [9.17, 15) is 0 Å². The molecule has 2 nitrogen and oxygen atoms in total. The number of anilines is 1. The number of benzene rings is 2. The summed E-state index contributed by atoms with van der Waals surface area (Å²) in [4.78, 5) is 4.75. The Labute approximate surface area is 124 Å². The number of nitrogens with zero attached hydrogens (tertiary/aromatic N) is 1. The smallest absolute Gasteiger partial charge is 0.0939 e. The first kappa shape index (κ1) is 12.4. The lowest BCUT2D eigenvalue weighted by molar-refractivity contribution is 0.669. The lowest BCUT2D eigenvalue weighted by Gasteiger charge is -2.28. The summed E-state index contributed by atoms with van der Waals surface area (Å²) in [5.41, 5.74) is 6.13. The Kier molecular flexibility index (Phi) is 2.88. The minimum absolute atomic E-state index is 0.381. The number of aromatic nitrogens is 1. The van der Waals surface area contributed by atoms with Crippen molar-refractivity contribution >= 4 is 16.6 Å². The SMILES string of the molecule is Cc1ccc2ccc3c(c2n1)NC(c1ccccc1)CC3. The number of fused-ring (bicyclic) bond motifs is 3. The topological polar surface area (TPSA) is 24.9 Å². The van der Waals surface area contributed by atoms with Crippen molar-refractivity contribution in [3.05, 3.63) is 71.4 Å². The molecular weight excluding hydrogens is 256 g/mol. The van der Waals surface area contributed by atoms with Gasteiger partial charge in [-0.15, -0.1) is 0 Å². The molecule has 0 spiro atoms. The summed E-state index contributed by atoms with van der Waals surface area (Å²) in [7, 11) is 0. The molecule has 0 bridgehead atoms. The van der Waals surface area contributed by atoms with Gasteiger partial charge in [-0.2, -0.15) is 0 Å². The molecule has 0 saturated heterocycles. The number of hydrogen-bond donors (Lipinski definition) is 1. The Hall–Kier alpha value is -2.35. The van der Waals surface area contributed by atoms with Crippen molar-refractivity contribution in [1.29, 1.82) is 0 Å². The summed E-state index contributed by atoms with van der Waals surface area (Å²) in [5.74, 6) is 0. The molecule has 0 aliphatic carbocycles. The molecule has 1 N–H and O–H groups in total. The van der Waals surface area contributed by atoms with Crippen LogP contribution in [-0.4, -0.2) is 4.98 Å². The largest absolute Gasteiger partial charge is 0.376 e. The van der Waals surface area contributed by atoms with Gasteiger partial charge < -0.3 is 5.32 Å². The standard InChI is InChI=1S/C19H18N2/c1-13-7-8-15-9-10-16-11-12-17(14-5-3-2-4-6-14)21-19(16)18(15)20-13/h2-10,17,21H,11-12H2,1H3. The van der Waals surface area contributed by atoms with Gasteiger partial charge in [-0.1, -0.05) is 48.5 Å². The van der Waals surface area contributed by atoms with Gasteiger partial charge >= 0.3 is 0 Å². The zero-order valence-electron chi connectivity index (χ0n) is 12.1. The lowest BCUT2D eigenvalue weighted by Crippen LogP contribution is -2.18. The molecule has 2 heteroatoms. The molecule has 3 aromatic rings. The predicted octanol–water partition coefficient (Wildman–Crippen LogP) is 4.64. The van der Waals surface area contributed by atoms with Crippen LogP contribution in [0.1, 0.15) is 29.3 Å². The summed E-state index contributed by atoms with van der Waals surface area (Å²) in [6.07, 6.45) is 2.24. The van der Waals surface area contributed by atoms with Gasteiger partial charge in [0.15, 0.2) is 0 Å². The summed E-state index contributed by atoms with van der Waals surface area (Å²) in [6, 6.07) is 19.7. The number of nitrogens with one attached hydrogen (secondary N) is 1. The molecule has 0 saturated carbocycles. The van der Waals surface area contributed by atoms with Gasteiger partial charge in [0, 0.05) is 11.1 Å². The van der Waals surface area contributed by atoms with Crippen LogP contribution in [0.5, 0.6) is 0 Å². The second-order valence-electron chi connectivity index (χ2n) is 5.77. The number of hydrogen-bond acceptors (Lipinski definition) is 2. The average molecular weight is 274 g/mol. The van der Waals surface area contributed by atoms with E-state index in [2.05, 4.69) is 66.8 Å². The van der Waals surface area contributed by atoms with E-state index in [1.54, 1.807) is 0 Å². The molecular formula is C19H18N2. The van der Waals surface area contributed by atoms with Gasteiger partial charge in [-0.3, -0.25) is 4.98 Å². The van der Waals surface area contributed by atoms with Crippen LogP contribution in [0.25, 0.3) is 10.9 Å². The van der Waals surface area contributed by atoms with E-state index in [1.807, 2.05) is 0 Å². The molecule has 0 fully saturated rings. The second kappa shape index (κ2) is 4.88. The third kappa shape index (κ3) is 2.17. The molecule has 1 aliphatic rings. The predicted molar refractivity (Wildman–Crippen MR) is 87.6 cm³/mol. The Morgan fingerprint density at radius 1 is 1.00 bits per heavy atom. The molecule has 21 heavy (non-hydrogen) atoms. The summed E-state index contributed by atoms with van der Waals surface area (Å²) in [6.45, 7) is 2.05. The van der Waals surface area contributed by atoms with E-state index >= 15 is 0 Å². The van der Waals surface area contributed by atoms with Crippen LogP contribution in [0, 0.1) is 6.92 Å². The van der Waals surface area contributed by atoms with Gasteiger partial charge in [0.1, 0.15) is 0 Å². The van der Waals surface area contributed by atoms with Crippen molar-refractivity contribution in [2.24, 2.45) is 0 Å². The highest BCUT2D eigenvalue weighted by molar-refractivity contribution is 5.92. The summed E-state index contributed by atoms with van der Waals surface area (Å²) in [5, 5.41) is 4.93. The van der Waals surface area contributed by atoms with Gasteiger partial charge in [0.25, 0.3) is 0 Å². The Morgan fingerprint density at radius 3 is 2.67 bits per heavy atom. The second-order valence-corrected chi connectivity index (χ2v) is 5.77. The normalized spacial score (nSPS) is 17.3. The Balaban J connectivity index is 1.81. The summed E-state index contributed by atoms with van der Waals surface area (Å²) < 4.78 is 0. The first-order chi connectivity index (χ1) is 10.3. The van der Waals surface area contributed by atoms with E-state index in [1.165, 1.54) is 22.2 Å². The third-order valence-electron chi connectivity index (χ3n) is 4.31. The molecule has 2 heterocycles. The maximum Gasteiger partial charge on any atom is 0.0939 e. The van der Waals surface area contributed by atoms with Crippen molar-refractivity contribution in [2.45, 2.75) is 25.8 Å². The van der Waals surface area contributed by atoms with Crippen molar-refractivity contribution < 1.29 is 0 Å². The highest BCUT2D eigenvalue weighted by atomic mass is 15.0. The molecule has 1 aromatic heterocycles. The number of pyridine rings is 1. The van der Waals surface area contributed by atoms with E-state index in [4.69, 9.17) is 4.98 Å². The minimum Gasteiger partial charge on any atom is -0.376 e. The fraction of sp³-hybridized carbons (Fsp3) is 0.211.